The van der Waals surface area contributed by atoms with Gasteiger partial charge >= 0.3 is 0 Å². The second-order valence-corrected chi connectivity index (χ2v) is 5.43. The molecule has 0 saturated heterocycles. The number of rotatable bonds is 8. The van der Waals surface area contributed by atoms with Gasteiger partial charge in [-0.25, -0.2) is 0 Å². The highest BCUT2D eigenvalue weighted by atomic mass is 16.5. The van der Waals surface area contributed by atoms with Gasteiger partial charge in [-0.3, -0.25) is 0 Å². The van der Waals surface area contributed by atoms with Crippen LogP contribution in [0.4, 0.5) is 0 Å². The predicted molar refractivity (Wildman–Crippen MR) is 93.9 cm³/mol. The summed E-state index contributed by atoms with van der Waals surface area (Å²) in [5.41, 5.74) is 3.66. The SMILES string of the molecule is C=CCOCCCc1c(CC)c(O)cc(O)c1-c1ccccc1. The van der Waals surface area contributed by atoms with Crippen LogP contribution in [0.1, 0.15) is 24.5 Å². The molecule has 0 heterocycles. The van der Waals surface area contributed by atoms with Crippen LogP contribution in [0.2, 0.25) is 0 Å². The van der Waals surface area contributed by atoms with Gasteiger partial charge in [0.2, 0.25) is 0 Å². The van der Waals surface area contributed by atoms with E-state index in [1.54, 1.807) is 6.08 Å². The van der Waals surface area contributed by atoms with E-state index in [0.717, 1.165) is 41.5 Å². The second-order valence-electron chi connectivity index (χ2n) is 5.43. The quantitative estimate of drug-likeness (QED) is 0.559. The number of hydrogen-bond donors (Lipinski definition) is 2. The maximum absolute atomic E-state index is 10.4. The fraction of sp³-hybridized carbons (Fsp3) is 0.300. The van der Waals surface area contributed by atoms with E-state index in [2.05, 4.69) is 6.58 Å². The van der Waals surface area contributed by atoms with Crippen LogP contribution in [0.3, 0.4) is 0 Å². The van der Waals surface area contributed by atoms with E-state index in [9.17, 15) is 10.2 Å². The zero-order valence-electron chi connectivity index (χ0n) is 13.6. The Hall–Kier alpha value is -2.26. The molecule has 0 aliphatic rings. The molecule has 0 aromatic heterocycles. The Morgan fingerprint density at radius 1 is 1.09 bits per heavy atom. The molecule has 2 N–H and O–H groups in total. The van der Waals surface area contributed by atoms with Crippen LogP contribution in [-0.4, -0.2) is 23.4 Å². The summed E-state index contributed by atoms with van der Waals surface area (Å²) < 4.78 is 5.44. The van der Waals surface area contributed by atoms with Crippen molar-refractivity contribution < 1.29 is 14.9 Å². The molecule has 0 saturated carbocycles. The molecule has 0 atom stereocenters. The summed E-state index contributed by atoms with van der Waals surface area (Å²) in [6.45, 7) is 6.81. The van der Waals surface area contributed by atoms with Crippen LogP contribution in [0.15, 0.2) is 49.1 Å². The molecule has 3 nitrogen and oxygen atoms in total. The zero-order valence-corrected chi connectivity index (χ0v) is 13.6. The number of ether oxygens (including phenoxy) is 1. The third-order valence-corrected chi connectivity index (χ3v) is 3.87. The molecular weight excluding hydrogens is 288 g/mol. The van der Waals surface area contributed by atoms with Crippen molar-refractivity contribution in [2.75, 3.05) is 13.2 Å². The smallest absolute Gasteiger partial charge is 0.127 e. The van der Waals surface area contributed by atoms with Gasteiger partial charge in [-0.15, -0.1) is 6.58 Å². The number of hydrogen-bond acceptors (Lipinski definition) is 3. The molecule has 122 valence electrons. The van der Waals surface area contributed by atoms with Crippen LogP contribution in [-0.2, 0) is 17.6 Å². The minimum atomic E-state index is 0.118. The van der Waals surface area contributed by atoms with Crippen LogP contribution < -0.4 is 0 Å². The van der Waals surface area contributed by atoms with E-state index < -0.39 is 0 Å². The number of phenolic OH excluding ortho intramolecular Hbond substituents is 2. The molecule has 0 aliphatic heterocycles. The Bertz CT molecular complexity index is 648. The third kappa shape index (κ3) is 4.14. The highest BCUT2D eigenvalue weighted by Gasteiger charge is 2.17. The first kappa shape index (κ1) is 17.1. The monoisotopic (exact) mass is 312 g/mol. The second kappa shape index (κ2) is 8.39. The number of phenols is 2. The van der Waals surface area contributed by atoms with E-state index in [1.807, 2.05) is 37.3 Å². The molecular formula is C20H24O3. The van der Waals surface area contributed by atoms with E-state index in [-0.39, 0.29) is 11.5 Å². The third-order valence-electron chi connectivity index (χ3n) is 3.87. The molecule has 0 unspecified atom stereocenters. The summed E-state index contributed by atoms with van der Waals surface area (Å²) in [6, 6.07) is 11.2. The molecule has 0 aliphatic carbocycles. The predicted octanol–water partition coefficient (Wildman–Crippen LogP) is 4.46. The molecule has 23 heavy (non-hydrogen) atoms. The molecule has 0 spiro atoms. The first-order valence-corrected chi connectivity index (χ1v) is 7.99. The minimum absolute atomic E-state index is 0.118. The molecule has 0 radical (unpaired) electrons. The lowest BCUT2D eigenvalue weighted by Gasteiger charge is -2.17. The van der Waals surface area contributed by atoms with E-state index in [0.29, 0.717) is 13.2 Å². The van der Waals surface area contributed by atoms with Gasteiger partial charge < -0.3 is 14.9 Å². The molecule has 0 fully saturated rings. The van der Waals surface area contributed by atoms with Crippen molar-refractivity contribution in [2.24, 2.45) is 0 Å². The summed E-state index contributed by atoms with van der Waals surface area (Å²) >= 11 is 0. The Labute approximate surface area is 137 Å². The number of benzene rings is 2. The van der Waals surface area contributed by atoms with Gasteiger partial charge in [-0.1, -0.05) is 43.3 Å². The average Bonchev–Trinajstić information content (AvgIpc) is 2.55. The molecule has 2 aromatic rings. The van der Waals surface area contributed by atoms with Crippen LogP contribution >= 0.6 is 0 Å². The van der Waals surface area contributed by atoms with E-state index in [1.165, 1.54) is 6.07 Å². The average molecular weight is 312 g/mol. The van der Waals surface area contributed by atoms with Gasteiger partial charge in [0.15, 0.2) is 0 Å². The Morgan fingerprint density at radius 3 is 2.48 bits per heavy atom. The van der Waals surface area contributed by atoms with Crippen molar-refractivity contribution in [3.63, 3.8) is 0 Å². The zero-order chi connectivity index (χ0) is 16.7. The van der Waals surface area contributed by atoms with Gasteiger partial charge in [0.05, 0.1) is 6.61 Å². The first-order valence-electron chi connectivity index (χ1n) is 7.99. The number of aromatic hydroxyl groups is 2. The topological polar surface area (TPSA) is 49.7 Å². The highest BCUT2D eigenvalue weighted by Crippen LogP contribution is 2.40. The van der Waals surface area contributed by atoms with Crippen molar-refractivity contribution in [3.8, 4) is 22.6 Å². The van der Waals surface area contributed by atoms with Gasteiger partial charge in [-0.05, 0) is 36.0 Å². The maximum Gasteiger partial charge on any atom is 0.127 e. The van der Waals surface area contributed by atoms with Gasteiger partial charge in [0, 0.05) is 18.2 Å². The standard InChI is InChI=1S/C20H24O3/c1-3-12-23-13-8-11-17-16(4-2)18(21)14-19(22)20(17)15-9-6-5-7-10-15/h3,5-7,9-10,14,21-22H,1,4,8,11-13H2,2H3. The van der Waals surface area contributed by atoms with Crippen molar-refractivity contribution in [2.45, 2.75) is 26.2 Å². The lowest BCUT2D eigenvalue weighted by molar-refractivity contribution is 0.160. The molecule has 0 amide bonds. The van der Waals surface area contributed by atoms with Crippen LogP contribution in [0.25, 0.3) is 11.1 Å². The van der Waals surface area contributed by atoms with Gasteiger partial charge in [0.25, 0.3) is 0 Å². The van der Waals surface area contributed by atoms with Crippen molar-refractivity contribution in [1.29, 1.82) is 0 Å². The first-order chi connectivity index (χ1) is 11.2. The molecule has 2 aromatic carbocycles. The Kier molecular flexibility index (Phi) is 6.24. The fourth-order valence-corrected chi connectivity index (χ4v) is 2.86. The highest BCUT2D eigenvalue weighted by molar-refractivity contribution is 5.76. The minimum Gasteiger partial charge on any atom is -0.508 e. The lowest BCUT2D eigenvalue weighted by Crippen LogP contribution is -2.02. The molecule has 2 rings (SSSR count). The normalized spacial score (nSPS) is 10.7. The van der Waals surface area contributed by atoms with Crippen molar-refractivity contribution in [3.05, 3.63) is 60.2 Å². The maximum atomic E-state index is 10.4. The van der Waals surface area contributed by atoms with Crippen LogP contribution in [0, 0.1) is 0 Å². The largest absolute Gasteiger partial charge is 0.508 e. The Balaban J connectivity index is 2.37. The van der Waals surface area contributed by atoms with E-state index in [4.69, 9.17) is 4.74 Å². The summed E-state index contributed by atoms with van der Waals surface area (Å²) in [6.07, 6.45) is 4.01. The summed E-state index contributed by atoms with van der Waals surface area (Å²) in [5.74, 6) is 0.277. The molecule has 0 bridgehead atoms. The summed E-state index contributed by atoms with van der Waals surface area (Å²) in [7, 11) is 0. The summed E-state index contributed by atoms with van der Waals surface area (Å²) in [5, 5.41) is 20.6. The van der Waals surface area contributed by atoms with E-state index >= 15 is 0 Å². The lowest BCUT2D eigenvalue weighted by atomic mass is 9.90. The fourth-order valence-electron chi connectivity index (χ4n) is 2.86. The summed E-state index contributed by atoms with van der Waals surface area (Å²) in [4.78, 5) is 0. The van der Waals surface area contributed by atoms with Crippen molar-refractivity contribution >= 4 is 0 Å². The van der Waals surface area contributed by atoms with Crippen molar-refractivity contribution in [1.82, 2.24) is 0 Å². The molecule has 3 heteroatoms. The Morgan fingerprint density at radius 2 is 1.83 bits per heavy atom. The van der Waals surface area contributed by atoms with Gasteiger partial charge in [0.1, 0.15) is 11.5 Å². The van der Waals surface area contributed by atoms with Gasteiger partial charge in [-0.2, -0.15) is 0 Å². The van der Waals surface area contributed by atoms with Crippen LogP contribution in [0.5, 0.6) is 11.5 Å².